The lowest BCUT2D eigenvalue weighted by molar-refractivity contribution is -0.131. The van der Waals surface area contributed by atoms with Gasteiger partial charge in [-0.25, -0.2) is 13.2 Å². The zero-order valence-corrected chi connectivity index (χ0v) is 16.3. The maximum absolute atomic E-state index is 12.6. The molecule has 1 aliphatic heterocycles. The maximum atomic E-state index is 12.6. The van der Waals surface area contributed by atoms with Gasteiger partial charge in [-0.3, -0.25) is 9.10 Å². The Balaban J connectivity index is 2.04. The van der Waals surface area contributed by atoms with Crippen molar-refractivity contribution >= 4 is 39.3 Å². The van der Waals surface area contributed by atoms with E-state index in [-0.39, 0.29) is 12.5 Å². The number of ether oxygens (including phenoxy) is 1. The zero-order chi connectivity index (χ0) is 19.3. The highest BCUT2D eigenvalue weighted by Gasteiger charge is 2.28. The van der Waals surface area contributed by atoms with Crippen molar-refractivity contribution in [2.24, 2.45) is 0 Å². The number of hydrogen-bond donors (Lipinski definition) is 0. The summed E-state index contributed by atoms with van der Waals surface area (Å²) in [6.45, 7) is 3.05. The lowest BCUT2D eigenvalue weighted by Gasteiger charge is -2.35. The molecule has 0 aromatic heterocycles. The van der Waals surface area contributed by atoms with Crippen LogP contribution in [0, 0.1) is 0 Å². The summed E-state index contributed by atoms with van der Waals surface area (Å²) in [5.74, 6) is -0.334. The fraction of sp³-hybridized carbons (Fsp3) is 0.500. The van der Waals surface area contributed by atoms with E-state index in [0.717, 1.165) is 10.6 Å². The summed E-state index contributed by atoms with van der Waals surface area (Å²) in [6.07, 6.45) is 0.635. The SMILES string of the molecule is CCOC(=O)N1CCN(C(=O)CN(c2cccc(Cl)c2)S(C)(=O)=O)CC1. The van der Waals surface area contributed by atoms with Crippen LogP contribution in [0.25, 0.3) is 0 Å². The van der Waals surface area contributed by atoms with Gasteiger partial charge in [-0.05, 0) is 25.1 Å². The number of piperazine rings is 1. The van der Waals surface area contributed by atoms with Crippen LogP contribution < -0.4 is 4.31 Å². The summed E-state index contributed by atoms with van der Waals surface area (Å²) in [5.41, 5.74) is 0.332. The molecular formula is C16H22ClN3O5S. The van der Waals surface area contributed by atoms with Crippen molar-refractivity contribution in [2.75, 3.05) is 49.9 Å². The van der Waals surface area contributed by atoms with E-state index < -0.39 is 16.1 Å². The lowest BCUT2D eigenvalue weighted by atomic mass is 10.3. The first-order valence-corrected chi connectivity index (χ1v) is 10.4. The Morgan fingerprint density at radius 2 is 1.81 bits per heavy atom. The molecule has 1 fully saturated rings. The van der Waals surface area contributed by atoms with E-state index >= 15 is 0 Å². The summed E-state index contributed by atoms with van der Waals surface area (Å²) in [6, 6.07) is 6.33. The maximum Gasteiger partial charge on any atom is 0.409 e. The Labute approximate surface area is 158 Å². The zero-order valence-electron chi connectivity index (χ0n) is 14.7. The topological polar surface area (TPSA) is 87.2 Å². The summed E-state index contributed by atoms with van der Waals surface area (Å²) in [4.78, 5) is 27.3. The first-order chi connectivity index (χ1) is 12.2. The Morgan fingerprint density at radius 1 is 1.19 bits per heavy atom. The molecule has 0 aliphatic carbocycles. The molecule has 1 aromatic carbocycles. The second kappa shape index (κ2) is 8.59. The van der Waals surface area contributed by atoms with E-state index in [1.165, 1.54) is 11.0 Å². The Kier molecular flexibility index (Phi) is 6.71. The van der Waals surface area contributed by atoms with Crippen molar-refractivity contribution in [1.82, 2.24) is 9.80 Å². The molecule has 10 heteroatoms. The molecule has 1 aromatic rings. The number of rotatable bonds is 5. The van der Waals surface area contributed by atoms with E-state index in [2.05, 4.69) is 0 Å². The van der Waals surface area contributed by atoms with Crippen LogP contribution >= 0.6 is 11.6 Å². The summed E-state index contributed by atoms with van der Waals surface area (Å²) in [5, 5.41) is 0.381. The van der Waals surface area contributed by atoms with Crippen LogP contribution in [0.2, 0.25) is 5.02 Å². The van der Waals surface area contributed by atoms with Crippen LogP contribution in [0.15, 0.2) is 24.3 Å². The average molecular weight is 404 g/mol. The fourth-order valence-corrected chi connectivity index (χ4v) is 3.63. The normalized spacial score (nSPS) is 14.9. The molecule has 0 atom stereocenters. The largest absolute Gasteiger partial charge is 0.450 e. The number of hydrogen-bond acceptors (Lipinski definition) is 5. The molecule has 26 heavy (non-hydrogen) atoms. The van der Waals surface area contributed by atoms with Gasteiger partial charge in [0.1, 0.15) is 6.54 Å². The number of amides is 2. The summed E-state index contributed by atoms with van der Waals surface area (Å²) < 4.78 is 30.2. The molecule has 2 amide bonds. The van der Waals surface area contributed by atoms with Crippen LogP contribution in [-0.2, 0) is 19.6 Å². The van der Waals surface area contributed by atoms with E-state index in [4.69, 9.17) is 16.3 Å². The highest BCUT2D eigenvalue weighted by molar-refractivity contribution is 7.92. The van der Waals surface area contributed by atoms with Gasteiger partial charge in [0.05, 0.1) is 18.6 Å². The molecule has 1 aliphatic rings. The number of carbonyl (C=O) groups excluding carboxylic acids is 2. The third-order valence-corrected chi connectivity index (χ3v) is 5.31. The molecule has 0 saturated carbocycles. The van der Waals surface area contributed by atoms with Gasteiger partial charge < -0.3 is 14.5 Å². The van der Waals surface area contributed by atoms with Crippen molar-refractivity contribution in [3.63, 3.8) is 0 Å². The van der Waals surface area contributed by atoms with Gasteiger partial charge in [0, 0.05) is 31.2 Å². The van der Waals surface area contributed by atoms with E-state index in [0.29, 0.717) is 43.5 Å². The fourth-order valence-electron chi connectivity index (χ4n) is 2.61. The molecule has 0 N–H and O–H groups in total. The lowest BCUT2D eigenvalue weighted by Crippen LogP contribution is -2.53. The van der Waals surface area contributed by atoms with Gasteiger partial charge in [0.25, 0.3) is 0 Å². The quantitative estimate of drug-likeness (QED) is 0.741. The van der Waals surface area contributed by atoms with Crippen molar-refractivity contribution in [1.29, 1.82) is 0 Å². The first-order valence-electron chi connectivity index (χ1n) is 8.15. The number of nitrogens with zero attached hydrogens (tertiary/aromatic N) is 3. The number of halogens is 1. The Bertz CT molecular complexity index is 763. The number of sulfonamides is 1. The van der Waals surface area contributed by atoms with E-state index in [1.54, 1.807) is 30.0 Å². The molecule has 2 rings (SSSR count). The highest BCUT2D eigenvalue weighted by Crippen LogP contribution is 2.22. The Hall–Kier alpha value is -2.00. The van der Waals surface area contributed by atoms with Crippen molar-refractivity contribution in [3.05, 3.63) is 29.3 Å². The summed E-state index contributed by atoms with van der Waals surface area (Å²) in [7, 11) is -3.66. The van der Waals surface area contributed by atoms with Gasteiger partial charge in [0.2, 0.25) is 15.9 Å². The average Bonchev–Trinajstić information content (AvgIpc) is 2.58. The smallest absolute Gasteiger partial charge is 0.409 e. The van der Waals surface area contributed by atoms with Crippen LogP contribution in [0.3, 0.4) is 0 Å². The van der Waals surface area contributed by atoms with Gasteiger partial charge in [-0.2, -0.15) is 0 Å². The van der Waals surface area contributed by atoms with Crippen LogP contribution in [0.5, 0.6) is 0 Å². The van der Waals surface area contributed by atoms with Crippen LogP contribution in [0.4, 0.5) is 10.5 Å². The second-order valence-electron chi connectivity index (χ2n) is 5.82. The minimum Gasteiger partial charge on any atom is -0.450 e. The van der Waals surface area contributed by atoms with E-state index in [9.17, 15) is 18.0 Å². The first kappa shape index (κ1) is 20.3. The van der Waals surface area contributed by atoms with Gasteiger partial charge in [-0.1, -0.05) is 17.7 Å². The summed E-state index contributed by atoms with van der Waals surface area (Å²) >= 11 is 5.93. The number of carbonyl (C=O) groups is 2. The molecule has 0 radical (unpaired) electrons. The highest BCUT2D eigenvalue weighted by atomic mass is 35.5. The second-order valence-corrected chi connectivity index (χ2v) is 8.16. The molecule has 1 heterocycles. The molecule has 0 unspecified atom stereocenters. The Morgan fingerprint density at radius 3 is 2.35 bits per heavy atom. The van der Waals surface area contributed by atoms with Gasteiger partial charge >= 0.3 is 6.09 Å². The van der Waals surface area contributed by atoms with Gasteiger partial charge in [-0.15, -0.1) is 0 Å². The van der Waals surface area contributed by atoms with Crippen LogP contribution in [-0.4, -0.2) is 75.8 Å². The van der Waals surface area contributed by atoms with Crippen molar-refractivity contribution in [3.8, 4) is 0 Å². The minimum absolute atomic E-state index is 0.293. The van der Waals surface area contributed by atoms with Crippen molar-refractivity contribution < 1.29 is 22.7 Å². The van der Waals surface area contributed by atoms with Crippen molar-refractivity contribution in [2.45, 2.75) is 6.92 Å². The third kappa shape index (κ3) is 5.25. The molecule has 0 spiro atoms. The molecular weight excluding hydrogens is 382 g/mol. The van der Waals surface area contributed by atoms with Gasteiger partial charge in [0.15, 0.2) is 0 Å². The molecule has 144 valence electrons. The monoisotopic (exact) mass is 403 g/mol. The number of anilines is 1. The van der Waals surface area contributed by atoms with Crippen LogP contribution in [0.1, 0.15) is 6.92 Å². The predicted octanol–water partition coefficient (Wildman–Crippen LogP) is 1.41. The molecule has 0 bridgehead atoms. The van der Waals surface area contributed by atoms with E-state index in [1.807, 2.05) is 0 Å². The predicted molar refractivity (Wildman–Crippen MR) is 98.8 cm³/mol. The standard InChI is InChI=1S/C16H22ClN3O5S/c1-3-25-16(22)19-9-7-18(8-10-19)15(21)12-20(26(2,23)24)14-6-4-5-13(17)11-14/h4-6,11H,3,7-10,12H2,1-2H3. The third-order valence-electron chi connectivity index (χ3n) is 3.93. The number of benzene rings is 1. The molecule has 8 nitrogen and oxygen atoms in total. The minimum atomic E-state index is -3.66. The molecule has 1 saturated heterocycles.